The molecule has 2 aromatic carbocycles. The third kappa shape index (κ3) is 4.28. The molecule has 2 N–H and O–H groups in total. The van der Waals surface area contributed by atoms with Gasteiger partial charge in [0, 0.05) is 11.6 Å². The molecule has 0 radical (unpaired) electrons. The summed E-state index contributed by atoms with van der Waals surface area (Å²) in [7, 11) is 0. The van der Waals surface area contributed by atoms with Gasteiger partial charge in [0.05, 0.1) is 8.95 Å². The van der Waals surface area contributed by atoms with Crippen LogP contribution in [0.15, 0.2) is 45.3 Å². The van der Waals surface area contributed by atoms with Crippen molar-refractivity contribution in [2.24, 2.45) is 5.73 Å². The van der Waals surface area contributed by atoms with E-state index in [0.717, 1.165) is 27.8 Å². The molecule has 0 saturated heterocycles. The van der Waals surface area contributed by atoms with Crippen LogP contribution < -0.4 is 10.5 Å². The smallest absolute Gasteiger partial charge is 0.137 e. The van der Waals surface area contributed by atoms with Crippen molar-refractivity contribution in [2.75, 3.05) is 0 Å². The number of halogens is 3. The van der Waals surface area contributed by atoms with Crippen LogP contribution in [0.2, 0.25) is 0 Å². The Morgan fingerprint density at radius 1 is 1.14 bits per heavy atom. The first kappa shape index (κ1) is 16.5. The minimum atomic E-state index is -0.293. The summed E-state index contributed by atoms with van der Waals surface area (Å²) >= 11 is 6.74. The van der Waals surface area contributed by atoms with E-state index in [1.807, 2.05) is 31.2 Å². The monoisotopic (exact) mass is 415 g/mol. The summed E-state index contributed by atoms with van der Waals surface area (Å²) in [6, 6.07) is 10.8. The Morgan fingerprint density at radius 3 is 2.52 bits per heavy atom. The summed E-state index contributed by atoms with van der Waals surface area (Å²) in [4.78, 5) is 0. The van der Waals surface area contributed by atoms with E-state index in [-0.39, 0.29) is 18.5 Å². The van der Waals surface area contributed by atoms with Crippen molar-refractivity contribution < 1.29 is 9.13 Å². The van der Waals surface area contributed by atoms with Crippen molar-refractivity contribution in [3.05, 3.63) is 62.3 Å². The molecule has 0 bridgehead atoms. The van der Waals surface area contributed by atoms with Crippen molar-refractivity contribution in [1.82, 2.24) is 0 Å². The number of rotatable bonds is 5. The summed E-state index contributed by atoms with van der Waals surface area (Å²) in [5.41, 5.74) is 7.66. The fourth-order valence-corrected chi connectivity index (χ4v) is 2.93. The molecule has 2 aromatic rings. The minimum Gasteiger partial charge on any atom is -0.487 e. The second-order valence-electron chi connectivity index (χ2n) is 4.91. The van der Waals surface area contributed by atoms with Gasteiger partial charge in [-0.1, -0.05) is 24.3 Å². The zero-order valence-electron chi connectivity index (χ0n) is 11.6. The van der Waals surface area contributed by atoms with Gasteiger partial charge < -0.3 is 10.5 Å². The summed E-state index contributed by atoms with van der Waals surface area (Å²) in [5, 5.41) is 0. The fourth-order valence-electron chi connectivity index (χ4n) is 2.03. The molecule has 0 aromatic heterocycles. The van der Waals surface area contributed by atoms with Crippen molar-refractivity contribution in [3.63, 3.8) is 0 Å². The zero-order chi connectivity index (χ0) is 15.4. The Labute approximate surface area is 140 Å². The molecule has 21 heavy (non-hydrogen) atoms. The van der Waals surface area contributed by atoms with Gasteiger partial charge in [-0.05, 0) is 62.9 Å². The molecular weight excluding hydrogens is 401 g/mol. The standard InChI is InChI=1S/C16H16Br2FNO/c1-10(20)8-11-4-2-6-13(17)16(11)21-9-12-5-3-7-14(19)15(12)18/h2-7,10H,8-9,20H2,1H3. The van der Waals surface area contributed by atoms with Crippen LogP contribution in [0.25, 0.3) is 0 Å². The molecule has 0 saturated carbocycles. The minimum absolute atomic E-state index is 0.0440. The molecule has 0 aliphatic heterocycles. The van der Waals surface area contributed by atoms with Gasteiger partial charge in [0.25, 0.3) is 0 Å². The van der Waals surface area contributed by atoms with Crippen LogP contribution in [0.4, 0.5) is 4.39 Å². The maximum absolute atomic E-state index is 13.5. The van der Waals surface area contributed by atoms with Gasteiger partial charge in [-0.25, -0.2) is 4.39 Å². The van der Waals surface area contributed by atoms with Crippen LogP contribution in [0.5, 0.6) is 5.75 Å². The topological polar surface area (TPSA) is 35.2 Å². The van der Waals surface area contributed by atoms with E-state index in [4.69, 9.17) is 10.5 Å². The number of hydrogen-bond acceptors (Lipinski definition) is 2. The number of benzene rings is 2. The zero-order valence-corrected chi connectivity index (χ0v) is 14.7. The second kappa shape index (κ2) is 7.38. The van der Waals surface area contributed by atoms with E-state index < -0.39 is 0 Å². The Hall–Kier alpha value is -0.910. The number of ether oxygens (including phenoxy) is 1. The molecular formula is C16H16Br2FNO. The molecule has 0 spiro atoms. The molecule has 112 valence electrons. The van der Waals surface area contributed by atoms with Crippen LogP contribution in [0.3, 0.4) is 0 Å². The Balaban J connectivity index is 2.21. The fraction of sp³-hybridized carbons (Fsp3) is 0.250. The van der Waals surface area contributed by atoms with E-state index in [1.54, 1.807) is 6.07 Å². The lowest BCUT2D eigenvalue weighted by Crippen LogP contribution is -2.18. The lowest BCUT2D eigenvalue weighted by molar-refractivity contribution is 0.299. The highest BCUT2D eigenvalue weighted by atomic mass is 79.9. The maximum atomic E-state index is 13.5. The van der Waals surface area contributed by atoms with Gasteiger partial charge in [-0.3, -0.25) is 0 Å². The lowest BCUT2D eigenvalue weighted by atomic mass is 10.1. The van der Waals surface area contributed by atoms with E-state index in [9.17, 15) is 4.39 Å². The largest absolute Gasteiger partial charge is 0.487 e. The van der Waals surface area contributed by atoms with E-state index in [2.05, 4.69) is 31.9 Å². The van der Waals surface area contributed by atoms with E-state index in [1.165, 1.54) is 6.07 Å². The third-order valence-electron chi connectivity index (χ3n) is 2.99. The number of nitrogens with two attached hydrogens (primary N) is 1. The number of para-hydroxylation sites is 1. The third-order valence-corrected chi connectivity index (χ3v) is 4.51. The molecule has 0 aliphatic carbocycles. The van der Waals surface area contributed by atoms with Crippen LogP contribution in [-0.4, -0.2) is 6.04 Å². The Morgan fingerprint density at radius 2 is 1.81 bits per heavy atom. The van der Waals surface area contributed by atoms with Gasteiger partial charge in [-0.2, -0.15) is 0 Å². The first-order valence-electron chi connectivity index (χ1n) is 6.57. The van der Waals surface area contributed by atoms with Gasteiger partial charge in [0.2, 0.25) is 0 Å². The molecule has 0 heterocycles. The quantitative estimate of drug-likeness (QED) is 0.758. The van der Waals surface area contributed by atoms with Gasteiger partial charge in [-0.15, -0.1) is 0 Å². The summed E-state index contributed by atoms with van der Waals surface area (Å²) < 4.78 is 20.7. The van der Waals surface area contributed by atoms with Crippen LogP contribution in [-0.2, 0) is 13.0 Å². The molecule has 2 rings (SSSR count). The summed E-state index contributed by atoms with van der Waals surface area (Å²) in [6.07, 6.45) is 0.721. The van der Waals surface area contributed by atoms with E-state index in [0.29, 0.717) is 4.47 Å². The highest BCUT2D eigenvalue weighted by molar-refractivity contribution is 9.10. The molecule has 2 nitrogen and oxygen atoms in total. The average molecular weight is 417 g/mol. The molecule has 5 heteroatoms. The predicted molar refractivity (Wildman–Crippen MR) is 89.9 cm³/mol. The SMILES string of the molecule is CC(N)Cc1cccc(Br)c1OCc1cccc(F)c1Br. The van der Waals surface area contributed by atoms with Gasteiger partial charge >= 0.3 is 0 Å². The maximum Gasteiger partial charge on any atom is 0.137 e. The normalized spacial score (nSPS) is 12.2. The molecule has 0 aliphatic rings. The highest BCUT2D eigenvalue weighted by Crippen LogP contribution is 2.31. The molecule has 0 amide bonds. The average Bonchev–Trinajstić information content (AvgIpc) is 2.42. The predicted octanol–water partition coefficient (Wildman–Crippen LogP) is 4.82. The van der Waals surface area contributed by atoms with Gasteiger partial charge in [0.15, 0.2) is 0 Å². The molecule has 0 fully saturated rings. The van der Waals surface area contributed by atoms with Crippen LogP contribution in [0.1, 0.15) is 18.1 Å². The number of hydrogen-bond donors (Lipinski definition) is 1. The Bertz CT molecular complexity index is 632. The Kier molecular flexibility index (Phi) is 5.79. The summed E-state index contributed by atoms with van der Waals surface area (Å²) in [6.45, 7) is 2.24. The highest BCUT2D eigenvalue weighted by Gasteiger charge is 2.12. The molecule has 1 unspecified atom stereocenters. The van der Waals surface area contributed by atoms with Crippen LogP contribution >= 0.6 is 31.9 Å². The van der Waals surface area contributed by atoms with E-state index >= 15 is 0 Å². The molecule has 1 atom stereocenters. The second-order valence-corrected chi connectivity index (χ2v) is 6.56. The summed E-state index contributed by atoms with van der Waals surface area (Å²) in [5.74, 6) is 0.463. The van der Waals surface area contributed by atoms with Crippen molar-refractivity contribution >= 4 is 31.9 Å². The van der Waals surface area contributed by atoms with Crippen molar-refractivity contribution in [1.29, 1.82) is 0 Å². The van der Waals surface area contributed by atoms with Crippen molar-refractivity contribution in [2.45, 2.75) is 26.0 Å². The lowest BCUT2D eigenvalue weighted by Gasteiger charge is -2.15. The van der Waals surface area contributed by atoms with Gasteiger partial charge in [0.1, 0.15) is 18.2 Å². The first-order chi connectivity index (χ1) is 9.99. The first-order valence-corrected chi connectivity index (χ1v) is 8.16. The van der Waals surface area contributed by atoms with Crippen molar-refractivity contribution in [3.8, 4) is 5.75 Å². The van der Waals surface area contributed by atoms with Crippen LogP contribution in [0, 0.1) is 5.82 Å².